The molecule has 1 amide bonds. The van der Waals surface area contributed by atoms with Crippen LogP contribution in [-0.4, -0.2) is 20.7 Å². The summed E-state index contributed by atoms with van der Waals surface area (Å²) in [6, 6.07) is 9.70. The highest BCUT2D eigenvalue weighted by Gasteiger charge is 2.16. The molecule has 0 bridgehead atoms. The third-order valence-corrected chi connectivity index (χ3v) is 3.87. The molecular formula is C17H14ClFN4O. The zero-order valence-electron chi connectivity index (χ0n) is 12.8. The monoisotopic (exact) mass is 344 g/mol. The highest BCUT2D eigenvalue weighted by Crippen LogP contribution is 2.20. The lowest BCUT2D eigenvalue weighted by atomic mass is 10.2. The first kappa shape index (κ1) is 16.1. The van der Waals surface area contributed by atoms with Gasteiger partial charge in [0.25, 0.3) is 5.91 Å². The minimum absolute atomic E-state index is 0.0774. The Labute approximate surface area is 143 Å². The summed E-state index contributed by atoms with van der Waals surface area (Å²) in [5.74, 6) is -1.22. The number of rotatable bonds is 4. The molecule has 1 N–H and O–H groups in total. The van der Waals surface area contributed by atoms with Gasteiger partial charge in [-0.1, -0.05) is 17.7 Å². The van der Waals surface area contributed by atoms with Crippen molar-refractivity contribution < 1.29 is 9.18 Å². The number of hydrogen-bond acceptors (Lipinski definition) is 3. The second kappa shape index (κ2) is 6.80. The van der Waals surface area contributed by atoms with E-state index in [0.29, 0.717) is 0 Å². The maximum absolute atomic E-state index is 13.8. The van der Waals surface area contributed by atoms with Gasteiger partial charge in [0.05, 0.1) is 28.5 Å². The number of carbonyl (C=O) groups is 1. The molecule has 1 aromatic carbocycles. The van der Waals surface area contributed by atoms with Crippen LogP contribution in [0.25, 0.3) is 11.3 Å². The predicted molar refractivity (Wildman–Crippen MR) is 89.0 cm³/mol. The van der Waals surface area contributed by atoms with Crippen molar-refractivity contribution in [3.63, 3.8) is 0 Å². The molecule has 0 aliphatic carbocycles. The molecule has 0 spiro atoms. The molecule has 0 aliphatic heterocycles. The fourth-order valence-corrected chi connectivity index (χ4v) is 2.55. The molecule has 5 nitrogen and oxygen atoms in total. The smallest absolute Gasteiger partial charge is 0.256 e. The van der Waals surface area contributed by atoms with Crippen LogP contribution in [0, 0.1) is 5.82 Å². The number of aromatic nitrogens is 3. The van der Waals surface area contributed by atoms with Gasteiger partial charge in [-0.05, 0) is 30.3 Å². The van der Waals surface area contributed by atoms with Crippen molar-refractivity contribution in [3.8, 4) is 11.3 Å². The van der Waals surface area contributed by atoms with Crippen molar-refractivity contribution in [1.29, 1.82) is 0 Å². The van der Waals surface area contributed by atoms with Gasteiger partial charge in [0.1, 0.15) is 5.82 Å². The first-order chi connectivity index (χ1) is 11.6. The van der Waals surface area contributed by atoms with E-state index in [1.54, 1.807) is 24.1 Å². The van der Waals surface area contributed by atoms with Crippen LogP contribution in [0.5, 0.6) is 0 Å². The molecule has 0 aliphatic rings. The Morgan fingerprint density at radius 3 is 2.88 bits per heavy atom. The third kappa shape index (κ3) is 3.28. The van der Waals surface area contributed by atoms with E-state index in [1.807, 2.05) is 18.2 Å². The van der Waals surface area contributed by atoms with Gasteiger partial charge in [-0.15, -0.1) is 0 Å². The van der Waals surface area contributed by atoms with Crippen molar-refractivity contribution in [2.45, 2.75) is 6.54 Å². The van der Waals surface area contributed by atoms with Gasteiger partial charge in [-0.2, -0.15) is 5.10 Å². The molecule has 2 aromatic heterocycles. The summed E-state index contributed by atoms with van der Waals surface area (Å²) in [7, 11) is 1.78. The van der Waals surface area contributed by atoms with Gasteiger partial charge in [-0.3, -0.25) is 14.5 Å². The van der Waals surface area contributed by atoms with Crippen molar-refractivity contribution in [2.24, 2.45) is 7.05 Å². The second-order valence-corrected chi connectivity index (χ2v) is 5.57. The highest BCUT2D eigenvalue weighted by atomic mass is 35.5. The Kier molecular flexibility index (Phi) is 4.57. The third-order valence-electron chi connectivity index (χ3n) is 3.55. The van der Waals surface area contributed by atoms with Crippen molar-refractivity contribution >= 4 is 17.5 Å². The van der Waals surface area contributed by atoms with Gasteiger partial charge in [0, 0.05) is 25.0 Å². The van der Waals surface area contributed by atoms with Gasteiger partial charge in [0.15, 0.2) is 0 Å². The molecule has 0 atom stereocenters. The SMILES string of the molecule is Cn1nc(-c2cccnc2)cc1CNC(=O)c1c(F)cccc1Cl. The highest BCUT2D eigenvalue weighted by molar-refractivity contribution is 6.33. The lowest BCUT2D eigenvalue weighted by Gasteiger charge is -2.07. The minimum atomic E-state index is -0.652. The largest absolute Gasteiger partial charge is 0.346 e. The number of pyridine rings is 1. The number of hydrogen-bond donors (Lipinski definition) is 1. The van der Waals surface area contributed by atoms with Crippen LogP contribution in [0.15, 0.2) is 48.8 Å². The molecule has 3 aromatic rings. The van der Waals surface area contributed by atoms with E-state index >= 15 is 0 Å². The van der Waals surface area contributed by atoms with Crippen molar-refractivity contribution in [1.82, 2.24) is 20.1 Å². The fraction of sp³-hybridized carbons (Fsp3) is 0.118. The molecule has 0 unspecified atom stereocenters. The Morgan fingerprint density at radius 2 is 2.17 bits per heavy atom. The van der Waals surface area contributed by atoms with Crippen LogP contribution in [0.2, 0.25) is 5.02 Å². The van der Waals surface area contributed by atoms with Gasteiger partial charge in [-0.25, -0.2) is 4.39 Å². The van der Waals surface area contributed by atoms with E-state index in [0.717, 1.165) is 17.0 Å². The minimum Gasteiger partial charge on any atom is -0.346 e. The normalized spacial score (nSPS) is 10.6. The Morgan fingerprint density at radius 1 is 1.33 bits per heavy atom. The first-order valence-electron chi connectivity index (χ1n) is 7.22. The lowest BCUT2D eigenvalue weighted by Crippen LogP contribution is -2.25. The number of amides is 1. The molecule has 0 fully saturated rings. The fourth-order valence-electron chi connectivity index (χ4n) is 2.30. The summed E-state index contributed by atoms with van der Waals surface area (Å²) >= 11 is 5.90. The summed E-state index contributed by atoms with van der Waals surface area (Å²) in [6.07, 6.45) is 3.40. The van der Waals surface area contributed by atoms with Gasteiger partial charge >= 0.3 is 0 Å². The average Bonchev–Trinajstić information content (AvgIpc) is 2.94. The van der Waals surface area contributed by atoms with E-state index < -0.39 is 11.7 Å². The van der Waals surface area contributed by atoms with E-state index in [-0.39, 0.29) is 17.1 Å². The van der Waals surface area contributed by atoms with Crippen LogP contribution in [0.3, 0.4) is 0 Å². The van der Waals surface area contributed by atoms with Crippen LogP contribution >= 0.6 is 11.6 Å². The molecule has 0 saturated carbocycles. The number of aryl methyl sites for hydroxylation is 1. The molecule has 24 heavy (non-hydrogen) atoms. The van der Waals surface area contributed by atoms with Crippen LogP contribution in [0.4, 0.5) is 4.39 Å². The van der Waals surface area contributed by atoms with Crippen LogP contribution < -0.4 is 5.32 Å². The average molecular weight is 345 g/mol. The van der Waals surface area contributed by atoms with E-state index in [9.17, 15) is 9.18 Å². The maximum Gasteiger partial charge on any atom is 0.256 e. The molecule has 0 saturated heterocycles. The number of halogens is 2. The predicted octanol–water partition coefficient (Wildman–Crippen LogP) is 3.20. The zero-order valence-corrected chi connectivity index (χ0v) is 13.6. The second-order valence-electron chi connectivity index (χ2n) is 5.17. The Bertz CT molecular complexity index is 859. The molecular weight excluding hydrogens is 331 g/mol. The molecule has 122 valence electrons. The van der Waals surface area contributed by atoms with Gasteiger partial charge in [0.2, 0.25) is 0 Å². The number of nitrogens with one attached hydrogen (secondary N) is 1. The molecule has 3 rings (SSSR count). The molecule has 2 heterocycles. The summed E-state index contributed by atoms with van der Waals surface area (Å²) in [4.78, 5) is 16.2. The first-order valence-corrected chi connectivity index (χ1v) is 7.59. The van der Waals surface area contributed by atoms with Crippen molar-refractivity contribution in [2.75, 3.05) is 0 Å². The summed E-state index contributed by atoms with van der Waals surface area (Å²) in [6.45, 7) is 0.202. The van der Waals surface area contributed by atoms with E-state index in [4.69, 9.17) is 11.6 Å². The van der Waals surface area contributed by atoms with E-state index in [2.05, 4.69) is 15.4 Å². The lowest BCUT2D eigenvalue weighted by molar-refractivity contribution is 0.0946. The Hall–Kier alpha value is -2.73. The zero-order chi connectivity index (χ0) is 17.1. The maximum atomic E-state index is 13.8. The van der Waals surface area contributed by atoms with Gasteiger partial charge < -0.3 is 5.32 Å². The summed E-state index contributed by atoms with van der Waals surface area (Å²) in [5, 5.41) is 7.13. The Balaban J connectivity index is 1.76. The standard InChI is InChI=1S/C17H14ClFN4O/c1-23-12(8-15(22-23)11-4-3-7-20-9-11)10-21-17(24)16-13(18)5-2-6-14(16)19/h2-9H,10H2,1H3,(H,21,24). The molecule has 0 radical (unpaired) electrons. The number of carbonyl (C=O) groups excluding carboxylic acids is 1. The number of benzene rings is 1. The molecule has 7 heteroatoms. The van der Waals surface area contributed by atoms with E-state index in [1.165, 1.54) is 18.2 Å². The summed E-state index contributed by atoms with van der Waals surface area (Å²) < 4.78 is 15.4. The topological polar surface area (TPSA) is 59.8 Å². The summed E-state index contributed by atoms with van der Waals surface area (Å²) in [5.41, 5.74) is 2.24. The van der Waals surface area contributed by atoms with Crippen LogP contribution in [-0.2, 0) is 13.6 Å². The quantitative estimate of drug-likeness (QED) is 0.790. The van der Waals surface area contributed by atoms with Crippen LogP contribution in [0.1, 0.15) is 16.1 Å². The van der Waals surface area contributed by atoms with Crippen molar-refractivity contribution in [3.05, 3.63) is 70.9 Å². The number of nitrogens with zero attached hydrogens (tertiary/aromatic N) is 3.